The molecule has 0 atom stereocenters. The fourth-order valence-electron chi connectivity index (χ4n) is 2.68. The Balaban J connectivity index is 3.88. The van der Waals surface area contributed by atoms with Gasteiger partial charge in [0, 0.05) is 23.5 Å². The quantitative estimate of drug-likeness (QED) is 0.220. The summed E-state index contributed by atoms with van der Waals surface area (Å²) in [6, 6.07) is -1.92. The van der Waals surface area contributed by atoms with Crippen LogP contribution in [0.2, 0.25) is 0 Å². The van der Waals surface area contributed by atoms with E-state index in [0.717, 1.165) is 0 Å². The molecular formula is C17H3F26N. The first kappa shape index (κ1) is 39.4. The maximum Gasteiger partial charge on any atom is 0.460 e. The average Bonchev–Trinajstić information content (AvgIpc) is 2.81. The van der Waals surface area contributed by atoms with E-state index in [1.54, 1.807) is 0 Å². The van der Waals surface area contributed by atoms with Gasteiger partial charge < -0.3 is 0 Å². The second kappa shape index (κ2) is 9.91. The van der Waals surface area contributed by atoms with Crippen LogP contribution in [0.3, 0.4) is 0 Å². The molecule has 0 aliphatic rings. The fourth-order valence-corrected chi connectivity index (χ4v) is 2.68. The maximum absolute atomic E-state index is 14.2. The Morgan fingerprint density at radius 3 is 0.705 bits per heavy atom. The fraction of sp³-hybridized carbons (Fsp3) is 0.706. The minimum Gasteiger partial charge on any atom is -0.264 e. The van der Waals surface area contributed by atoms with Gasteiger partial charge in [0.05, 0.1) is 0 Å². The molecule has 0 unspecified atom stereocenters. The van der Waals surface area contributed by atoms with Gasteiger partial charge in [-0.1, -0.05) is 0 Å². The number of aromatic nitrogens is 1. The molecule has 0 amide bonds. The summed E-state index contributed by atoms with van der Waals surface area (Å²) in [7, 11) is 0. The summed E-state index contributed by atoms with van der Waals surface area (Å²) in [5.74, 6) is -82.8. The Bertz CT molecular complexity index is 1110. The highest BCUT2D eigenvalue weighted by molar-refractivity contribution is 5.31. The SMILES string of the molecule is FC(F)(F)C(F)(F)C(F)(F)C(F)(F)C(F)(F)C(F)(F)c1cncc(C(F)(F)C(F)(F)C(F)(F)C(F)(F)C(F)(F)C(F)(F)F)c1. The summed E-state index contributed by atoms with van der Waals surface area (Å²) < 4.78 is 344. The smallest absolute Gasteiger partial charge is 0.264 e. The molecule has 0 N–H and O–H groups in total. The monoisotopic (exact) mass is 715 g/mol. The van der Waals surface area contributed by atoms with Crippen LogP contribution in [0, 0.1) is 0 Å². The summed E-state index contributed by atoms with van der Waals surface area (Å²) in [6.45, 7) is 0. The lowest BCUT2D eigenvalue weighted by Crippen LogP contribution is -2.69. The third kappa shape index (κ3) is 4.83. The number of alkyl halides is 26. The van der Waals surface area contributed by atoms with Crippen molar-refractivity contribution in [1.82, 2.24) is 4.98 Å². The minimum absolute atomic E-state index is 1.24. The van der Waals surface area contributed by atoms with Crippen LogP contribution in [0.15, 0.2) is 18.5 Å². The lowest BCUT2D eigenvalue weighted by atomic mass is 9.88. The molecule has 0 saturated carbocycles. The largest absolute Gasteiger partial charge is 0.460 e. The van der Waals surface area contributed by atoms with E-state index in [4.69, 9.17) is 0 Å². The van der Waals surface area contributed by atoms with Gasteiger partial charge in [0.2, 0.25) is 0 Å². The van der Waals surface area contributed by atoms with Gasteiger partial charge in [-0.25, -0.2) is 0 Å². The Kier molecular flexibility index (Phi) is 8.87. The second-order valence-electron chi connectivity index (χ2n) is 8.20. The molecule has 0 spiro atoms. The number of halogens is 26. The van der Waals surface area contributed by atoms with Crippen molar-refractivity contribution in [2.45, 2.75) is 71.6 Å². The number of pyridine rings is 1. The molecule has 0 bridgehead atoms. The average molecular weight is 715 g/mol. The number of rotatable bonds is 10. The van der Waals surface area contributed by atoms with Gasteiger partial charge in [-0.05, 0) is 6.07 Å². The predicted octanol–water partition coefficient (Wildman–Crippen LogP) is 9.47. The topological polar surface area (TPSA) is 12.9 Å². The summed E-state index contributed by atoms with van der Waals surface area (Å²) in [4.78, 5) is 1.86. The van der Waals surface area contributed by atoms with Crippen molar-refractivity contribution in [3.63, 3.8) is 0 Å². The number of nitrogens with zero attached hydrogens (tertiary/aromatic N) is 1. The summed E-state index contributed by atoms with van der Waals surface area (Å²) >= 11 is 0. The van der Waals surface area contributed by atoms with Gasteiger partial charge in [-0.15, -0.1) is 0 Å². The molecule has 1 aromatic rings. The minimum atomic E-state index is -8.62. The van der Waals surface area contributed by atoms with Crippen molar-refractivity contribution >= 4 is 0 Å². The zero-order valence-corrected chi connectivity index (χ0v) is 19.0. The molecule has 1 aromatic heterocycles. The molecular weight excluding hydrogens is 712 g/mol. The third-order valence-corrected chi connectivity index (χ3v) is 5.33. The molecule has 0 aliphatic carbocycles. The first-order valence-corrected chi connectivity index (χ1v) is 9.58. The first-order valence-electron chi connectivity index (χ1n) is 9.58. The van der Waals surface area contributed by atoms with E-state index in [2.05, 4.69) is 0 Å². The van der Waals surface area contributed by atoms with Crippen molar-refractivity contribution in [3.05, 3.63) is 29.6 Å². The van der Waals surface area contributed by atoms with Gasteiger partial charge in [0.25, 0.3) is 0 Å². The molecule has 0 aromatic carbocycles. The highest BCUT2D eigenvalue weighted by Crippen LogP contribution is 2.64. The van der Waals surface area contributed by atoms with Crippen LogP contribution in [0.4, 0.5) is 114 Å². The van der Waals surface area contributed by atoms with Crippen LogP contribution in [-0.4, -0.2) is 64.7 Å². The summed E-state index contributed by atoms with van der Waals surface area (Å²) in [5, 5.41) is 0. The lowest BCUT2D eigenvalue weighted by molar-refractivity contribution is -0.442. The maximum atomic E-state index is 14.2. The van der Waals surface area contributed by atoms with Crippen molar-refractivity contribution in [1.29, 1.82) is 0 Å². The van der Waals surface area contributed by atoms with Crippen molar-refractivity contribution in [3.8, 4) is 0 Å². The Labute approximate surface area is 221 Å². The molecule has 0 saturated heterocycles. The van der Waals surface area contributed by atoms with Gasteiger partial charge in [-0.3, -0.25) is 4.98 Å². The molecule has 1 rings (SSSR count). The molecule has 258 valence electrons. The number of hydrogen-bond donors (Lipinski definition) is 0. The molecule has 1 heterocycles. The van der Waals surface area contributed by atoms with Crippen molar-refractivity contribution < 1.29 is 114 Å². The zero-order valence-electron chi connectivity index (χ0n) is 19.0. The lowest BCUT2D eigenvalue weighted by Gasteiger charge is -2.40. The molecule has 0 fully saturated rings. The van der Waals surface area contributed by atoms with Crippen molar-refractivity contribution in [2.75, 3.05) is 0 Å². The Morgan fingerprint density at radius 2 is 0.500 bits per heavy atom. The van der Waals surface area contributed by atoms with E-state index >= 15 is 0 Å². The van der Waals surface area contributed by atoms with Crippen LogP contribution in [0.5, 0.6) is 0 Å². The van der Waals surface area contributed by atoms with E-state index in [1.165, 1.54) is 0 Å². The summed E-state index contributed by atoms with van der Waals surface area (Å²) in [6.07, 6.45) is -18.3. The van der Waals surface area contributed by atoms with E-state index < -0.39 is 101 Å². The van der Waals surface area contributed by atoms with Gasteiger partial charge in [-0.2, -0.15) is 114 Å². The van der Waals surface area contributed by atoms with Gasteiger partial charge in [0.1, 0.15) is 0 Å². The normalized spacial score (nSPS) is 16.4. The van der Waals surface area contributed by atoms with E-state index in [9.17, 15) is 114 Å². The predicted molar refractivity (Wildman–Crippen MR) is 83.7 cm³/mol. The summed E-state index contributed by atoms with van der Waals surface area (Å²) in [5.41, 5.74) is -7.31. The molecule has 27 heteroatoms. The highest BCUT2D eigenvalue weighted by atomic mass is 19.4. The molecule has 44 heavy (non-hydrogen) atoms. The van der Waals surface area contributed by atoms with E-state index in [0.29, 0.717) is 0 Å². The van der Waals surface area contributed by atoms with Crippen molar-refractivity contribution in [2.24, 2.45) is 0 Å². The Hall–Kier alpha value is -2.67. The zero-order chi connectivity index (χ0) is 36.0. The molecule has 1 nitrogen and oxygen atoms in total. The third-order valence-electron chi connectivity index (χ3n) is 5.33. The number of hydrogen-bond acceptors (Lipinski definition) is 1. The van der Waals surface area contributed by atoms with Crippen LogP contribution in [0.1, 0.15) is 11.1 Å². The van der Waals surface area contributed by atoms with Crippen LogP contribution in [0.25, 0.3) is 0 Å². The van der Waals surface area contributed by atoms with Gasteiger partial charge >= 0.3 is 71.6 Å². The standard InChI is InChI=1S/C17H3F26N/c18-6(19,8(22,23)10(26,27)12(30,31)14(34,35)16(38,39)40)4-1-5(3-44-2-4)7(20,21)9(24,25)11(28,29)13(32,33)15(36,37)17(41,42)43/h1-3H. The second-order valence-corrected chi connectivity index (χ2v) is 8.20. The van der Waals surface area contributed by atoms with Crippen LogP contribution >= 0.6 is 0 Å². The first-order chi connectivity index (χ1) is 18.7. The van der Waals surface area contributed by atoms with Gasteiger partial charge in [0.15, 0.2) is 0 Å². The molecule has 0 aliphatic heterocycles. The van der Waals surface area contributed by atoms with E-state index in [1.807, 2.05) is 4.98 Å². The van der Waals surface area contributed by atoms with Crippen LogP contribution < -0.4 is 0 Å². The Morgan fingerprint density at radius 1 is 0.295 bits per heavy atom. The highest BCUT2D eigenvalue weighted by Gasteiger charge is 2.92. The molecule has 0 radical (unpaired) electrons. The van der Waals surface area contributed by atoms with E-state index in [-0.39, 0.29) is 0 Å². The van der Waals surface area contributed by atoms with Crippen LogP contribution in [-0.2, 0) is 11.8 Å².